The lowest BCUT2D eigenvalue weighted by molar-refractivity contribution is 0.0758. The second kappa shape index (κ2) is 2.13. The molecule has 0 aromatic rings. The number of hydrogen-bond acceptors (Lipinski definition) is 3. The van der Waals surface area contributed by atoms with Crippen molar-refractivity contribution in [3.63, 3.8) is 0 Å². The summed E-state index contributed by atoms with van der Waals surface area (Å²) in [5, 5.41) is 30.5. The minimum atomic E-state index is -0.522. The van der Waals surface area contributed by atoms with Gasteiger partial charge in [-0.25, -0.2) is 0 Å². The molecule has 15 heavy (non-hydrogen) atoms. The van der Waals surface area contributed by atoms with Gasteiger partial charge < -0.3 is 15.3 Å². The summed E-state index contributed by atoms with van der Waals surface area (Å²) in [7, 11) is 0. The van der Waals surface area contributed by atoms with E-state index in [1.54, 1.807) is 0 Å². The first kappa shape index (κ1) is 8.97. The Bertz CT molecular complexity index is 267. The second-order valence-electron chi connectivity index (χ2n) is 6.39. The highest BCUT2D eigenvalue weighted by Crippen LogP contribution is 2.75. The Morgan fingerprint density at radius 3 is 0.867 bits per heavy atom. The first-order valence-electron chi connectivity index (χ1n) is 6.16. The molecule has 0 aliphatic heterocycles. The summed E-state index contributed by atoms with van der Waals surface area (Å²) in [6.45, 7) is 0. The third kappa shape index (κ3) is 1.07. The van der Waals surface area contributed by atoms with Crippen molar-refractivity contribution in [2.24, 2.45) is 17.8 Å². The number of rotatable bonds is 3. The van der Waals surface area contributed by atoms with Crippen LogP contribution in [-0.4, -0.2) is 32.1 Å². The zero-order chi connectivity index (χ0) is 10.5. The first-order chi connectivity index (χ1) is 6.99. The Labute approximate surface area is 89.1 Å². The van der Waals surface area contributed by atoms with Crippen LogP contribution in [0, 0.1) is 17.8 Å². The first-order valence-corrected chi connectivity index (χ1v) is 6.16. The minimum absolute atomic E-state index is 0.192. The van der Waals surface area contributed by atoms with Crippen molar-refractivity contribution < 1.29 is 15.3 Å². The summed E-state index contributed by atoms with van der Waals surface area (Å²) in [5.74, 6) is 0.576. The van der Waals surface area contributed by atoms with Gasteiger partial charge in [0.1, 0.15) is 0 Å². The summed E-state index contributed by atoms with van der Waals surface area (Å²) < 4.78 is 0. The van der Waals surface area contributed by atoms with Gasteiger partial charge in [-0.15, -0.1) is 0 Å². The van der Waals surface area contributed by atoms with Gasteiger partial charge in [0.2, 0.25) is 0 Å². The molecule has 0 aromatic carbocycles. The summed E-state index contributed by atoms with van der Waals surface area (Å²) in [6.07, 6.45) is 5.23. The summed E-state index contributed by atoms with van der Waals surface area (Å²) >= 11 is 0. The standard InChI is InChI=1S/C12H18O3/c13-10(1-2-10)7-8(11(14)3-4-11)9(7)12(15)5-6-12/h7-9,13-15H,1-6H2. The van der Waals surface area contributed by atoms with Crippen LogP contribution in [0.1, 0.15) is 38.5 Å². The van der Waals surface area contributed by atoms with Crippen LogP contribution in [0.4, 0.5) is 0 Å². The van der Waals surface area contributed by atoms with E-state index in [4.69, 9.17) is 0 Å². The molecule has 0 saturated heterocycles. The van der Waals surface area contributed by atoms with E-state index >= 15 is 0 Å². The van der Waals surface area contributed by atoms with E-state index in [2.05, 4.69) is 0 Å². The highest BCUT2D eigenvalue weighted by Gasteiger charge is 2.79. The molecular weight excluding hydrogens is 192 g/mol. The van der Waals surface area contributed by atoms with Gasteiger partial charge in [-0.1, -0.05) is 0 Å². The summed E-state index contributed by atoms with van der Waals surface area (Å²) in [5.41, 5.74) is -1.57. The van der Waals surface area contributed by atoms with Gasteiger partial charge in [-0.05, 0) is 56.3 Å². The van der Waals surface area contributed by atoms with Crippen LogP contribution in [0.15, 0.2) is 0 Å². The van der Waals surface area contributed by atoms with Crippen LogP contribution in [-0.2, 0) is 0 Å². The quantitative estimate of drug-likeness (QED) is 0.633. The fourth-order valence-electron chi connectivity index (χ4n) is 3.70. The molecular formula is C12H18O3. The van der Waals surface area contributed by atoms with Crippen LogP contribution < -0.4 is 0 Å². The number of aliphatic hydroxyl groups is 3. The molecule has 0 amide bonds. The van der Waals surface area contributed by atoms with Crippen LogP contribution in [0.5, 0.6) is 0 Å². The van der Waals surface area contributed by atoms with E-state index in [1.165, 1.54) is 0 Å². The average molecular weight is 210 g/mol. The van der Waals surface area contributed by atoms with Crippen LogP contribution >= 0.6 is 0 Å². The third-order valence-corrected chi connectivity index (χ3v) is 5.17. The second-order valence-corrected chi connectivity index (χ2v) is 6.39. The average Bonchev–Trinajstić information content (AvgIpc) is 2.98. The van der Waals surface area contributed by atoms with Crippen molar-refractivity contribution in [1.82, 2.24) is 0 Å². The van der Waals surface area contributed by atoms with Gasteiger partial charge >= 0.3 is 0 Å². The molecule has 0 atom stereocenters. The predicted octanol–water partition coefficient (Wildman–Crippen LogP) is 0.423. The lowest BCUT2D eigenvalue weighted by Crippen LogP contribution is -2.18. The lowest BCUT2D eigenvalue weighted by atomic mass is 10.1. The van der Waals surface area contributed by atoms with E-state index < -0.39 is 16.8 Å². The highest BCUT2D eigenvalue weighted by molar-refractivity contribution is 5.28. The van der Waals surface area contributed by atoms with Crippen molar-refractivity contribution in [2.45, 2.75) is 55.3 Å². The van der Waals surface area contributed by atoms with E-state index in [0.717, 1.165) is 38.5 Å². The molecule has 4 rings (SSSR count). The molecule has 4 aliphatic carbocycles. The maximum absolute atomic E-state index is 10.2. The zero-order valence-corrected chi connectivity index (χ0v) is 8.82. The molecule has 3 heteroatoms. The molecule has 4 fully saturated rings. The Morgan fingerprint density at radius 1 is 0.533 bits per heavy atom. The van der Waals surface area contributed by atoms with Crippen molar-refractivity contribution in [1.29, 1.82) is 0 Å². The third-order valence-electron chi connectivity index (χ3n) is 5.17. The Kier molecular flexibility index (Phi) is 1.27. The zero-order valence-electron chi connectivity index (χ0n) is 8.82. The van der Waals surface area contributed by atoms with Gasteiger partial charge in [0.25, 0.3) is 0 Å². The van der Waals surface area contributed by atoms with Crippen LogP contribution in [0.3, 0.4) is 0 Å². The molecule has 3 nitrogen and oxygen atoms in total. The smallest absolute Gasteiger partial charge is 0.0685 e. The van der Waals surface area contributed by atoms with E-state index in [1.807, 2.05) is 0 Å². The van der Waals surface area contributed by atoms with Gasteiger partial charge in [-0.3, -0.25) is 0 Å². The Hall–Kier alpha value is -0.120. The molecule has 0 spiro atoms. The molecule has 4 aliphatic rings. The van der Waals surface area contributed by atoms with Crippen molar-refractivity contribution in [2.75, 3.05) is 0 Å². The van der Waals surface area contributed by atoms with Gasteiger partial charge in [0.15, 0.2) is 0 Å². The van der Waals surface area contributed by atoms with E-state index in [0.29, 0.717) is 0 Å². The monoisotopic (exact) mass is 210 g/mol. The fourth-order valence-corrected chi connectivity index (χ4v) is 3.70. The highest BCUT2D eigenvalue weighted by atomic mass is 16.3. The van der Waals surface area contributed by atoms with Gasteiger partial charge in [-0.2, -0.15) is 0 Å². The van der Waals surface area contributed by atoms with Gasteiger partial charge in [0, 0.05) is 0 Å². The summed E-state index contributed by atoms with van der Waals surface area (Å²) in [4.78, 5) is 0. The Morgan fingerprint density at radius 2 is 0.733 bits per heavy atom. The molecule has 0 unspecified atom stereocenters. The normalized spacial score (nSPS) is 51.0. The molecule has 0 aromatic heterocycles. The van der Waals surface area contributed by atoms with Crippen LogP contribution in [0.2, 0.25) is 0 Å². The molecule has 0 bridgehead atoms. The number of hydrogen-bond donors (Lipinski definition) is 3. The predicted molar refractivity (Wildman–Crippen MR) is 53.0 cm³/mol. The van der Waals surface area contributed by atoms with Crippen molar-refractivity contribution in [3.8, 4) is 0 Å². The van der Waals surface area contributed by atoms with Crippen molar-refractivity contribution in [3.05, 3.63) is 0 Å². The maximum Gasteiger partial charge on any atom is 0.0685 e. The van der Waals surface area contributed by atoms with Gasteiger partial charge in [0.05, 0.1) is 16.8 Å². The summed E-state index contributed by atoms with van der Waals surface area (Å²) in [6, 6.07) is 0. The largest absolute Gasteiger partial charge is 0.390 e. The SMILES string of the molecule is OC1(C2C(C3(O)CC3)C2C2(O)CC2)CC1. The Balaban J connectivity index is 1.62. The molecule has 3 N–H and O–H groups in total. The topological polar surface area (TPSA) is 60.7 Å². The molecule has 4 saturated carbocycles. The van der Waals surface area contributed by atoms with E-state index in [9.17, 15) is 15.3 Å². The van der Waals surface area contributed by atoms with Crippen molar-refractivity contribution >= 4 is 0 Å². The van der Waals surface area contributed by atoms with E-state index in [-0.39, 0.29) is 17.8 Å². The lowest BCUT2D eigenvalue weighted by Gasteiger charge is -2.09. The molecule has 84 valence electrons. The molecule has 0 heterocycles. The maximum atomic E-state index is 10.2. The molecule has 0 radical (unpaired) electrons. The fraction of sp³-hybridized carbons (Fsp3) is 1.00. The minimum Gasteiger partial charge on any atom is -0.390 e. The van der Waals surface area contributed by atoms with Crippen LogP contribution in [0.25, 0.3) is 0 Å².